The number of ether oxygens (including phenoxy) is 1. The number of nitrogens with zero attached hydrogens (tertiary/aromatic N) is 1. The van der Waals surface area contributed by atoms with Gasteiger partial charge >= 0.3 is 0 Å². The highest BCUT2D eigenvalue weighted by Crippen LogP contribution is 2.18. The first-order valence-electron chi connectivity index (χ1n) is 7.97. The fraction of sp³-hybridized carbons (Fsp3) is 0.647. The van der Waals surface area contributed by atoms with E-state index in [0.29, 0.717) is 12.6 Å². The number of benzene rings is 1. The molecule has 1 saturated heterocycles. The van der Waals surface area contributed by atoms with E-state index in [-0.39, 0.29) is 0 Å². The van der Waals surface area contributed by atoms with Crippen LogP contribution in [0.1, 0.15) is 37.9 Å². The maximum absolute atomic E-state index is 10.2. The predicted molar refractivity (Wildman–Crippen MR) is 85.7 cm³/mol. The normalized spacial score (nSPS) is 19.2. The predicted octanol–water partition coefficient (Wildman–Crippen LogP) is 2.19. The van der Waals surface area contributed by atoms with Crippen molar-refractivity contribution in [3.63, 3.8) is 0 Å². The van der Waals surface area contributed by atoms with Gasteiger partial charge in [-0.25, -0.2) is 0 Å². The van der Waals surface area contributed by atoms with Crippen LogP contribution in [0.3, 0.4) is 0 Å². The van der Waals surface area contributed by atoms with Gasteiger partial charge in [-0.15, -0.1) is 0 Å². The molecule has 2 rings (SSSR count). The van der Waals surface area contributed by atoms with Gasteiger partial charge in [0.1, 0.15) is 5.75 Å². The number of hydrogen-bond donors (Lipinski definition) is 2. The second-order valence-corrected chi connectivity index (χ2v) is 5.90. The second-order valence-electron chi connectivity index (χ2n) is 5.90. The lowest BCUT2D eigenvalue weighted by atomic mass is 10.1. The molecule has 0 amide bonds. The molecule has 1 aromatic rings. The first-order chi connectivity index (χ1) is 10.2. The number of nitrogens with one attached hydrogen (secondary N) is 1. The molecule has 1 aliphatic rings. The molecule has 2 unspecified atom stereocenters. The maximum Gasteiger partial charge on any atom is 0.119 e. The number of rotatable bonds is 7. The second kappa shape index (κ2) is 8.37. The molecule has 0 saturated carbocycles. The number of aliphatic hydroxyl groups is 1. The third kappa shape index (κ3) is 4.99. The fourth-order valence-corrected chi connectivity index (χ4v) is 2.88. The molecule has 2 N–H and O–H groups in total. The minimum Gasteiger partial charge on any atom is -0.497 e. The standard InChI is InChI=1S/C17H28N2O2/c1-14(19-9-4-3-5-10-19)12-18-13-17(20)15-7-6-8-16(11-15)21-2/h6-8,11,14,17-18,20H,3-5,9-10,12-13H2,1-2H3. The molecule has 4 nitrogen and oxygen atoms in total. The highest BCUT2D eigenvalue weighted by Gasteiger charge is 2.16. The summed E-state index contributed by atoms with van der Waals surface area (Å²) in [6.07, 6.45) is 3.51. The van der Waals surface area contributed by atoms with Crippen molar-refractivity contribution >= 4 is 0 Å². The van der Waals surface area contributed by atoms with Gasteiger partial charge in [-0.05, 0) is 50.6 Å². The van der Waals surface area contributed by atoms with Crippen molar-refractivity contribution in [3.05, 3.63) is 29.8 Å². The molecule has 1 aliphatic heterocycles. The summed E-state index contributed by atoms with van der Waals surface area (Å²) in [7, 11) is 1.64. The van der Waals surface area contributed by atoms with E-state index in [9.17, 15) is 5.11 Å². The molecule has 0 radical (unpaired) electrons. The molecule has 21 heavy (non-hydrogen) atoms. The van der Waals surface area contributed by atoms with Gasteiger partial charge in [-0.2, -0.15) is 0 Å². The van der Waals surface area contributed by atoms with Gasteiger partial charge < -0.3 is 15.2 Å². The zero-order valence-electron chi connectivity index (χ0n) is 13.2. The summed E-state index contributed by atoms with van der Waals surface area (Å²) in [5.41, 5.74) is 0.896. The highest BCUT2D eigenvalue weighted by molar-refractivity contribution is 5.29. The molecule has 1 fully saturated rings. The van der Waals surface area contributed by atoms with Crippen molar-refractivity contribution in [1.29, 1.82) is 0 Å². The van der Waals surface area contributed by atoms with Gasteiger partial charge in [-0.1, -0.05) is 18.6 Å². The average molecular weight is 292 g/mol. The van der Waals surface area contributed by atoms with Gasteiger partial charge in [0, 0.05) is 19.1 Å². The zero-order chi connectivity index (χ0) is 15.1. The molecule has 2 atom stereocenters. The number of aliphatic hydroxyl groups excluding tert-OH is 1. The van der Waals surface area contributed by atoms with Crippen molar-refractivity contribution in [2.75, 3.05) is 33.3 Å². The minimum absolute atomic E-state index is 0.492. The molecule has 118 valence electrons. The van der Waals surface area contributed by atoms with Gasteiger partial charge in [0.15, 0.2) is 0 Å². The van der Waals surface area contributed by atoms with E-state index in [0.717, 1.165) is 17.9 Å². The summed E-state index contributed by atoms with van der Waals surface area (Å²) in [4.78, 5) is 2.54. The minimum atomic E-state index is -0.492. The van der Waals surface area contributed by atoms with Crippen molar-refractivity contribution < 1.29 is 9.84 Å². The Morgan fingerprint density at radius 3 is 2.71 bits per heavy atom. The summed E-state index contributed by atoms with van der Waals surface area (Å²) in [5.74, 6) is 0.785. The number of piperidine rings is 1. The highest BCUT2D eigenvalue weighted by atomic mass is 16.5. The Hall–Kier alpha value is -1.10. The number of likely N-dealkylation sites (tertiary alicyclic amines) is 1. The van der Waals surface area contributed by atoms with Crippen LogP contribution in [0.15, 0.2) is 24.3 Å². The third-order valence-corrected chi connectivity index (χ3v) is 4.27. The molecule has 0 aromatic heterocycles. The summed E-state index contributed by atoms with van der Waals surface area (Å²) >= 11 is 0. The van der Waals surface area contributed by atoms with Crippen molar-refractivity contribution in [1.82, 2.24) is 10.2 Å². The van der Waals surface area contributed by atoms with Gasteiger partial charge in [0.25, 0.3) is 0 Å². The Morgan fingerprint density at radius 2 is 2.00 bits per heavy atom. The van der Waals surface area contributed by atoms with Crippen LogP contribution in [0.2, 0.25) is 0 Å². The van der Waals surface area contributed by atoms with Gasteiger partial charge in [0.2, 0.25) is 0 Å². The van der Waals surface area contributed by atoms with Crippen LogP contribution in [0, 0.1) is 0 Å². The van der Waals surface area contributed by atoms with Crippen LogP contribution < -0.4 is 10.1 Å². The summed E-state index contributed by atoms with van der Waals surface area (Å²) in [6.45, 7) is 6.17. The van der Waals surface area contributed by atoms with Crippen LogP contribution in [0.5, 0.6) is 5.75 Å². The van der Waals surface area contributed by atoms with E-state index < -0.39 is 6.10 Å². The lowest BCUT2D eigenvalue weighted by molar-refractivity contribution is 0.151. The Bertz CT molecular complexity index is 419. The van der Waals surface area contributed by atoms with Gasteiger partial charge in [-0.3, -0.25) is 4.90 Å². The summed E-state index contributed by atoms with van der Waals surface area (Å²) in [5, 5.41) is 13.6. The number of methoxy groups -OCH3 is 1. The third-order valence-electron chi connectivity index (χ3n) is 4.27. The van der Waals surface area contributed by atoms with Crippen LogP contribution in [0.25, 0.3) is 0 Å². The summed E-state index contributed by atoms with van der Waals surface area (Å²) < 4.78 is 5.19. The zero-order valence-corrected chi connectivity index (χ0v) is 13.2. The van der Waals surface area contributed by atoms with Crippen molar-refractivity contribution in [2.45, 2.75) is 38.3 Å². The number of hydrogen-bond acceptors (Lipinski definition) is 4. The average Bonchev–Trinajstić information content (AvgIpc) is 2.55. The van der Waals surface area contributed by atoms with E-state index >= 15 is 0 Å². The molecule has 1 aromatic carbocycles. The smallest absolute Gasteiger partial charge is 0.119 e. The lowest BCUT2D eigenvalue weighted by Crippen LogP contribution is -2.43. The van der Waals surface area contributed by atoms with E-state index in [1.54, 1.807) is 7.11 Å². The Morgan fingerprint density at radius 1 is 1.24 bits per heavy atom. The first-order valence-corrected chi connectivity index (χ1v) is 7.97. The monoisotopic (exact) mass is 292 g/mol. The maximum atomic E-state index is 10.2. The molecule has 0 aliphatic carbocycles. The van der Waals surface area contributed by atoms with Crippen LogP contribution in [-0.2, 0) is 0 Å². The van der Waals surface area contributed by atoms with E-state index in [2.05, 4.69) is 17.1 Å². The first kappa shape index (κ1) is 16.3. The topological polar surface area (TPSA) is 44.7 Å². The Labute approximate surface area is 128 Å². The lowest BCUT2D eigenvalue weighted by Gasteiger charge is -2.32. The van der Waals surface area contributed by atoms with E-state index in [4.69, 9.17) is 4.74 Å². The Kier molecular flexibility index (Phi) is 6.49. The van der Waals surface area contributed by atoms with Crippen molar-refractivity contribution in [2.24, 2.45) is 0 Å². The van der Waals surface area contributed by atoms with Crippen molar-refractivity contribution in [3.8, 4) is 5.75 Å². The quantitative estimate of drug-likeness (QED) is 0.808. The molecular formula is C17H28N2O2. The molecular weight excluding hydrogens is 264 g/mol. The SMILES string of the molecule is COc1cccc(C(O)CNCC(C)N2CCCCC2)c1. The molecule has 0 spiro atoms. The van der Waals surface area contributed by atoms with E-state index in [1.807, 2.05) is 24.3 Å². The van der Waals surface area contributed by atoms with Crippen LogP contribution in [0.4, 0.5) is 0 Å². The Balaban J connectivity index is 1.74. The van der Waals surface area contributed by atoms with Crippen LogP contribution >= 0.6 is 0 Å². The largest absolute Gasteiger partial charge is 0.497 e. The van der Waals surface area contributed by atoms with Gasteiger partial charge in [0.05, 0.1) is 13.2 Å². The van der Waals surface area contributed by atoms with Crippen LogP contribution in [-0.4, -0.2) is 49.3 Å². The molecule has 1 heterocycles. The molecule has 4 heteroatoms. The van der Waals surface area contributed by atoms with E-state index in [1.165, 1.54) is 32.4 Å². The fourth-order valence-electron chi connectivity index (χ4n) is 2.88. The summed E-state index contributed by atoms with van der Waals surface area (Å²) in [6, 6.07) is 8.15. The molecule has 0 bridgehead atoms.